The van der Waals surface area contributed by atoms with Crippen molar-refractivity contribution in [2.45, 2.75) is 6.92 Å². The number of imidazole rings is 1. The van der Waals surface area contributed by atoms with E-state index in [1.807, 2.05) is 0 Å². The van der Waals surface area contributed by atoms with Gasteiger partial charge in [-0.3, -0.25) is 4.57 Å². The number of nitrogens with zero attached hydrogens (tertiary/aromatic N) is 3. The highest BCUT2D eigenvalue weighted by Crippen LogP contribution is 2.30. The molecule has 2 aromatic carbocycles. The molecular formula is C15H10BrFN4. The average Bonchev–Trinajstić information content (AvgIpc) is 2.75. The van der Waals surface area contributed by atoms with Gasteiger partial charge < -0.3 is 5.73 Å². The minimum absolute atomic E-state index is 0.264. The molecular weight excluding hydrogens is 335 g/mol. The minimum atomic E-state index is -0.314. The average molecular weight is 345 g/mol. The van der Waals surface area contributed by atoms with Gasteiger partial charge in [0.15, 0.2) is 0 Å². The maximum absolute atomic E-state index is 13.6. The van der Waals surface area contributed by atoms with Crippen LogP contribution in [0.15, 0.2) is 34.8 Å². The minimum Gasteiger partial charge on any atom is -0.369 e. The fourth-order valence-corrected chi connectivity index (χ4v) is 2.79. The van der Waals surface area contributed by atoms with Crippen molar-refractivity contribution in [3.63, 3.8) is 0 Å². The van der Waals surface area contributed by atoms with E-state index in [-0.39, 0.29) is 11.8 Å². The number of nitrogens with two attached hydrogens (primary N) is 1. The van der Waals surface area contributed by atoms with Gasteiger partial charge >= 0.3 is 0 Å². The summed E-state index contributed by atoms with van der Waals surface area (Å²) in [6.45, 7) is 1.69. The van der Waals surface area contributed by atoms with E-state index in [2.05, 4.69) is 27.0 Å². The van der Waals surface area contributed by atoms with Gasteiger partial charge in [-0.25, -0.2) is 9.37 Å². The molecule has 0 radical (unpaired) electrons. The zero-order chi connectivity index (χ0) is 15.1. The molecule has 0 unspecified atom stereocenters. The highest BCUT2D eigenvalue weighted by molar-refractivity contribution is 9.10. The highest BCUT2D eigenvalue weighted by Gasteiger charge is 2.14. The number of nitriles is 1. The monoisotopic (exact) mass is 344 g/mol. The van der Waals surface area contributed by atoms with Gasteiger partial charge in [-0.1, -0.05) is 0 Å². The van der Waals surface area contributed by atoms with Gasteiger partial charge in [0, 0.05) is 10.5 Å². The molecule has 0 aliphatic heterocycles. The Labute approximate surface area is 128 Å². The molecule has 21 heavy (non-hydrogen) atoms. The van der Waals surface area contributed by atoms with Crippen LogP contribution in [0.2, 0.25) is 0 Å². The number of nitrogen functional groups attached to an aromatic ring is 1. The molecule has 3 aromatic rings. The van der Waals surface area contributed by atoms with Gasteiger partial charge in [-0.15, -0.1) is 0 Å². The second-order valence-electron chi connectivity index (χ2n) is 4.67. The summed E-state index contributed by atoms with van der Waals surface area (Å²) in [7, 11) is 0. The number of benzene rings is 2. The largest absolute Gasteiger partial charge is 0.369 e. The van der Waals surface area contributed by atoms with E-state index in [1.165, 1.54) is 6.07 Å². The lowest BCUT2D eigenvalue weighted by atomic mass is 10.2. The van der Waals surface area contributed by atoms with Crippen LogP contribution < -0.4 is 5.73 Å². The molecule has 3 rings (SSSR count). The van der Waals surface area contributed by atoms with Gasteiger partial charge in [0.1, 0.15) is 5.82 Å². The number of aromatic nitrogens is 2. The molecule has 1 heterocycles. The summed E-state index contributed by atoms with van der Waals surface area (Å²) in [6.07, 6.45) is 0. The number of hydrogen-bond donors (Lipinski definition) is 1. The molecule has 0 bridgehead atoms. The fourth-order valence-electron chi connectivity index (χ4n) is 2.23. The summed E-state index contributed by atoms with van der Waals surface area (Å²) >= 11 is 3.43. The Morgan fingerprint density at radius 1 is 1.33 bits per heavy atom. The van der Waals surface area contributed by atoms with Gasteiger partial charge in [-0.2, -0.15) is 5.26 Å². The molecule has 0 aliphatic carbocycles. The van der Waals surface area contributed by atoms with Crippen molar-refractivity contribution in [3.8, 4) is 11.8 Å². The van der Waals surface area contributed by atoms with Crippen LogP contribution in [0.4, 0.5) is 10.3 Å². The number of aryl methyl sites for hydroxylation is 1. The smallest absolute Gasteiger partial charge is 0.205 e. The molecule has 0 saturated carbocycles. The zero-order valence-electron chi connectivity index (χ0n) is 11.1. The lowest BCUT2D eigenvalue weighted by molar-refractivity contribution is 0.620. The van der Waals surface area contributed by atoms with Crippen LogP contribution in [0.1, 0.15) is 11.1 Å². The van der Waals surface area contributed by atoms with Crippen LogP contribution in [-0.2, 0) is 0 Å². The molecule has 1 aromatic heterocycles. The van der Waals surface area contributed by atoms with Crippen molar-refractivity contribution < 1.29 is 4.39 Å². The van der Waals surface area contributed by atoms with Crippen molar-refractivity contribution in [1.82, 2.24) is 9.55 Å². The lowest BCUT2D eigenvalue weighted by Gasteiger charge is -2.09. The Hall–Kier alpha value is -2.39. The predicted molar refractivity (Wildman–Crippen MR) is 82.6 cm³/mol. The van der Waals surface area contributed by atoms with Crippen molar-refractivity contribution in [2.24, 2.45) is 0 Å². The molecule has 2 N–H and O–H groups in total. The quantitative estimate of drug-likeness (QED) is 0.731. The molecule has 0 atom stereocenters. The first kappa shape index (κ1) is 13.6. The third-order valence-corrected chi connectivity index (χ3v) is 3.91. The third-order valence-electron chi connectivity index (χ3n) is 3.28. The van der Waals surface area contributed by atoms with Crippen molar-refractivity contribution >= 4 is 32.9 Å². The third kappa shape index (κ3) is 2.16. The molecule has 0 saturated heterocycles. The molecule has 4 nitrogen and oxygen atoms in total. The predicted octanol–water partition coefficient (Wildman–Crippen LogP) is 3.69. The maximum Gasteiger partial charge on any atom is 0.205 e. The molecule has 0 amide bonds. The van der Waals surface area contributed by atoms with E-state index in [1.54, 1.807) is 35.8 Å². The number of halogens is 2. The van der Waals surface area contributed by atoms with E-state index in [0.29, 0.717) is 16.6 Å². The second kappa shape index (κ2) is 4.86. The summed E-state index contributed by atoms with van der Waals surface area (Å²) in [6, 6.07) is 10.3. The standard InChI is InChI=1S/C15H10BrFN4/c1-8-4-14-12(6-11(8)17)20-15(19)21(14)13-3-2-9(7-18)5-10(13)16/h2-6H,1H3,(H2,19,20). The van der Waals surface area contributed by atoms with E-state index in [0.717, 1.165) is 15.7 Å². The highest BCUT2D eigenvalue weighted by atomic mass is 79.9. The summed E-state index contributed by atoms with van der Waals surface area (Å²) in [5.41, 5.74) is 8.99. The van der Waals surface area contributed by atoms with Crippen LogP contribution in [0.3, 0.4) is 0 Å². The van der Waals surface area contributed by atoms with Gasteiger partial charge in [-0.05, 0) is 52.7 Å². The van der Waals surface area contributed by atoms with Crippen LogP contribution in [0.5, 0.6) is 0 Å². The Bertz CT molecular complexity index is 908. The first-order valence-corrected chi connectivity index (χ1v) is 6.94. The van der Waals surface area contributed by atoms with Crippen LogP contribution in [0, 0.1) is 24.1 Å². The summed E-state index contributed by atoms with van der Waals surface area (Å²) in [4.78, 5) is 4.19. The van der Waals surface area contributed by atoms with Crippen molar-refractivity contribution in [2.75, 3.05) is 5.73 Å². The Morgan fingerprint density at radius 2 is 2.10 bits per heavy atom. The molecule has 0 spiro atoms. The summed E-state index contributed by atoms with van der Waals surface area (Å²) in [5, 5.41) is 8.92. The first-order chi connectivity index (χ1) is 10.0. The van der Waals surface area contributed by atoms with Gasteiger partial charge in [0.25, 0.3) is 0 Å². The molecule has 0 fully saturated rings. The SMILES string of the molecule is Cc1cc2c(cc1F)nc(N)n2-c1ccc(C#N)cc1Br. The van der Waals surface area contributed by atoms with Crippen LogP contribution >= 0.6 is 15.9 Å². The molecule has 6 heteroatoms. The zero-order valence-corrected chi connectivity index (χ0v) is 12.6. The van der Waals surface area contributed by atoms with Crippen molar-refractivity contribution in [3.05, 3.63) is 51.7 Å². The number of hydrogen-bond acceptors (Lipinski definition) is 3. The van der Waals surface area contributed by atoms with Crippen LogP contribution in [-0.4, -0.2) is 9.55 Å². The van der Waals surface area contributed by atoms with Gasteiger partial charge in [0.2, 0.25) is 5.95 Å². The van der Waals surface area contributed by atoms with Crippen LogP contribution in [0.25, 0.3) is 16.7 Å². The fraction of sp³-hybridized carbons (Fsp3) is 0.0667. The van der Waals surface area contributed by atoms with E-state index < -0.39 is 0 Å². The Kier molecular flexibility index (Phi) is 3.15. The first-order valence-electron chi connectivity index (χ1n) is 6.15. The van der Waals surface area contributed by atoms with E-state index in [4.69, 9.17) is 11.0 Å². The van der Waals surface area contributed by atoms with E-state index in [9.17, 15) is 4.39 Å². The number of fused-ring (bicyclic) bond motifs is 1. The Morgan fingerprint density at radius 3 is 2.76 bits per heavy atom. The maximum atomic E-state index is 13.6. The lowest BCUT2D eigenvalue weighted by Crippen LogP contribution is -2.01. The summed E-state index contributed by atoms with van der Waals surface area (Å²) in [5.74, 6) is -0.0496. The number of rotatable bonds is 1. The molecule has 104 valence electrons. The summed E-state index contributed by atoms with van der Waals surface area (Å²) < 4.78 is 16.1. The van der Waals surface area contributed by atoms with E-state index >= 15 is 0 Å². The van der Waals surface area contributed by atoms with Gasteiger partial charge in [0.05, 0.1) is 28.4 Å². The normalized spacial score (nSPS) is 10.8. The number of anilines is 1. The second-order valence-corrected chi connectivity index (χ2v) is 5.53. The van der Waals surface area contributed by atoms with Crippen molar-refractivity contribution in [1.29, 1.82) is 5.26 Å². The Balaban J connectivity index is 2.32. The topological polar surface area (TPSA) is 67.6 Å². The molecule has 0 aliphatic rings.